The van der Waals surface area contributed by atoms with E-state index in [9.17, 15) is 5.11 Å². The molecule has 0 saturated carbocycles. The molecule has 0 spiro atoms. The molecule has 0 bridgehead atoms. The Kier molecular flexibility index (Phi) is 4.92. The van der Waals surface area contributed by atoms with Crippen LogP contribution in [0.1, 0.15) is 12.5 Å². The SMILES string of the molecule is CCN(CC(O)CCl)c1ccc(C)cc1. The van der Waals surface area contributed by atoms with Gasteiger partial charge in [-0.2, -0.15) is 0 Å². The highest BCUT2D eigenvalue weighted by Crippen LogP contribution is 2.15. The van der Waals surface area contributed by atoms with Crippen LogP contribution < -0.4 is 4.90 Å². The van der Waals surface area contributed by atoms with E-state index >= 15 is 0 Å². The second-order valence-electron chi connectivity index (χ2n) is 3.68. The minimum atomic E-state index is -0.465. The molecule has 1 unspecified atom stereocenters. The number of nitrogens with zero attached hydrogens (tertiary/aromatic N) is 1. The average molecular weight is 228 g/mol. The fourth-order valence-corrected chi connectivity index (χ4v) is 1.57. The number of aliphatic hydroxyl groups is 1. The Balaban J connectivity index is 2.69. The number of hydrogen-bond donors (Lipinski definition) is 1. The van der Waals surface area contributed by atoms with Gasteiger partial charge < -0.3 is 10.0 Å². The number of aliphatic hydroxyl groups excluding tert-OH is 1. The molecule has 1 N–H and O–H groups in total. The number of rotatable bonds is 5. The maximum absolute atomic E-state index is 9.50. The van der Waals surface area contributed by atoms with E-state index in [1.807, 2.05) is 0 Å². The number of aryl methyl sites for hydroxylation is 1. The van der Waals surface area contributed by atoms with Gasteiger partial charge in [-0.15, -0.1) is 11.6 Å². The third kappa shape index (κ3) is 3.73. The molecule has 0 amide bonds. The molecule has 15 heavy (non-hydrogen) atoms. The van der Waals surface area contributed by atoms with Crippen molar-refractivity contribution in [1.82, 2.24) is 0 Å². The van der Waals surface area contributed by atoms with Crippen molar-refractivity contribution in [2.45, 2.75) is 20.0 Å². The molecule has 1 rings (SSSR count). The van der Waals surface area contributed by atoms with Crippen LogP contribution in [-0.2, 0) is 0 Å². The Morgan fingerprint density at radius 1 is 1.33 bits per heavy atom. The highest BCUT2D eigenvalue weighted by atomic mass is 35.5. The van der Waals surface area contributed by atoms with Gasteiger partial charge in [-0.3, -0.25) is 0 Å². The van der Waals surface area contributed by atoms with Crippen molar-refractivity contribution in [3.05, 3.63) is 29.8 Å². The van der Waals surface area contributed by atoms with Crippen LogP contribution >= 0.6 is 11.6 Å². The molecular formula is C12H18ClNO. The van der Waals surface area contributed by atoms with Crippen molar-refractivity contribution in [3.63, 3.8) is 0 Å². The van der Waals surface area contributed by atoms with Crippen LogP contribution in [0, 0.1) is 6.92 Å². The second-order valence-corrected chi connectivity index (χ2v) is 3.99. The summed E-state index contributed by atoms with van der Waals surface area (Å²) in [5.74, 6) is 0.280. The molecule has 1 aromatic carbocycles. The first-order valence-corrected chi connectivity index (χ1v) is 5.76. The molecule has 0 radical (unpaired) electrons. The van der Waals surface area contributed by atoms with Gasteiger partial charge >= 0.3 is 0 Å². The summed E-state index contributed by atoms with van der Waals surface area (Å²) in [6.45, 7) is 5.59. The van der Waals surface area contributed by atoms with Crippen molar-refractivity contribution in [2.24, 2.45) is 0 Å². The molecule has 0 saturated heterocycles. The predicted molar refractivity (Wildman–Crippen MR) is 65.8 cm³/mol. The molecule has 3 heteroatoms. The molecule has 0 aromatic heterocycles. The van der Waals surface area contributed by atoms with Crippen LogP contribution in [0.25, 0.3) is 0 Å². The van der Waals surface area contributed by atoms with Gasteiger partial charge in [0.25, 0.3) is 0 Å². The number of anilines is 1. The molecule has 2 nitrogen and oxygen atoms in total. The minimum Gasteiger partial charge on any atom is -0.390 e. The normalized spacial score (nSPS) is 12.5. The van der Waals surface area contributed by atoms with Crippen LogP contribution in [0.2, 0.25) is 0 Å². The largest absolute Gasteiger partial charge is 0.390 e. The first-order chi connectivity index (χ1) is 7.17. The molecule has 1 atom stereocenters. The molecule has 0 heterocycles. The standard InChI is InChI=1S/C12H18ClNO/c1-3-14(9-12(15)8-13)11-6-4-10(2)5-7-11/h4-7,12,15H,3,8-9H2,1-2H3. The first kappa shape index (κ1) is 12.3. The zero-order chi connectivity index (χ0) is 11.3. The lowest BCUT2D eigenvalue weighted by atomic mass is 10.2. The van der Waals surface area contributed by atoms with Crippen molar-refractivity contribution in [1.29, 1.82) is 0 Å². The van der Waals surface area contributed by atoms with E-state index in [1.165, 1.54) is 5.56 Å². The van der Waals surface area contributed by atoms with Gasteiger partial charge in [-0.05, 0) is 26.0 Å². The van der Waals surface area contributed by atoms with E-state index < -0.39 is 6.10 Å². The van der Waals surface area contributed by atoms with Crippen LogP contribution in [0.15, 0.2) is 24.3 Å². The van der Waals surface area contributed by atoms with Crippen molar-refractivity contribution in [3.8, 4) is 0 Å². The Morgan fingerprint density at radius 3 is 2.40 bits per heavy atom. The van der Waals surface area contributed by atoms with Crippen LogP contribution in [-0.4, -0.2) is 30.2 Å². The summed E-state index contributed by atoms with van der Waals surface area (Å²) < 4.78 is 0. The van der Waals surface area contributed by atoms with Gasteiger partial charge in [0.2, 0.25) is 0 Å². The second kappa shape index (κ2) is 5.99. The molecule has 84 valence electrons. The Hall–Kier alpha value is -0.730. The molecule has 0 aliphatic carbocycles. The van der Waals surface area contributed by atoms with E-state index in [0.29, 0.717) is 6.54 Å². The highest BCUT2D eigenvalue weighted by molar-refractivity contribution is 6.18. The summed E-state index contributed by atoms with van der Waals surface area (Å²) in [7, 11) is 0. The zero-order valence-electron chi connectivity index (χ0n) is 9.28. The molecule has 0 aliphatic rings. The number of halogens is 1. The predicted octanol–water partition coefficient (Wildman–Crippen LogP) is 2.42. The minimum absolute atomic E-state index is 0.280. The summed E-state index contributed by atoms with van der Waals surface area (Å²) in [5.41, 5.74) is 2.37. The lowest BCUT2D eigenvalue weighted by Gasteiger charge is -2.25. The van der Waals surface area contributed by atoms with E-state index in [1.54, 1.807) is 0 Å². The van der Waals surface area contributed by atoms with Gasteiger partial charge in [-0.25, -0.2) is 0 Å². The quantitative estimate of drug-likeness (QED) is 0.781. The van der Waals surface area contributed by atoms with Gasteiger partial charge in [0.15, 0.2) is 0 Å². The maximum atomic E-state index is 9.50. The Morgan fingerprint density at radius 2 is 1.93 bits per heavy atom. The van der Waals surface area contributed by atoms with E-state index in [-0.39, 0.29) is 5.88 Å². The van der Waals surface area contributed by atoms with E-state index in [4.69, 9.17) is 11.6 Å². The number of hydrogen-bond acceptors (Lipinski definition) is 2. The van der Waals surface area contributed by atoms with E-state index in [0.717, 1.165) is 12.2 Å². The van der Waals surface area contributed by atoms with Crippen LogP contribution in [0.5, 0.6) is 0 Å². The van der Waals surface area contributed by atoms with Gasteiger partial charge in [0.05, 0.1) is 12.0 Å². The number of likely N-dealkylation sites (N-methyl/N-ethyl adjacent to an activating group) is 1. The van der Waals surface area contributed by atoms with Crippen molar-refractivity contribution in [2.75, 3.05) is 23.9 Å². The lowest BCUT2D eigenvalue weighted by Crippen LogP contribution is -2.33. The summed E-state index contributed by atoms with van der Waals surface area (Å²) in [5, 5.41) is 9.50. The molecular weight excluding hydrogens is 210 g/mol. The zero-order valence-corrected chi connectivity index (χ0v) is 10.0. The monoisotopic (exact) mass is 227 g/mol. The molecule has 1 aromatic rings. The summed E-state index contributed by atoms with van der Waals surface area (Å²) >= 11 is 5.59. The Labute approximate surface area is 96.5 Å². The fourth-order valence-electron chi connectivity index (χ4n) is 1.48. The van der Waals surface area contributed by atoms with Crippen LogP contribution in [0.3, 0.4) is 0 Å². The summed E-state index contributed by atoms with van der Waals surface area (Å²) in [6.07, 6.45) is -0.465. The van der Waals surface area contributed by atoms with Crippen molar-refractivity contribution >= 4 is 17.3 Å². The topological polar surface area (TPSA) is 23.5 Å². The Bertz CT molecular complexity index is 286. The van der Waals surface area contributed by atoms with E-state index in [2.05, 4.69) is 43.0 Å². The average Bonchev–Trinajstić information content (AvgIpc) is 2.27. The van der Waals surface area contributed by atoms with Gasteiger partial charge in [0, 0.05) is 18.8 Å². The first-order valence-electron chi connectivity index (χ1n) is 5.23. The smallest absolute Gasteiger partial charge is 0.0850 e. The lowest BCUT2D eigenvalue weighted by molar-refractivity contribution is 0.203. The fraction of sp³-hybridized carbons (Fsp3) is 0.500. The summed E-state index contributed by atoms with van der Waals surface area (Å²) in [4.78, 5) is 2.12. The van der Waals surface area contributed by atoms with Gasteiger partial charge in [0.1, 0.15) is 0 Å². The van der Waals surface area contributed by atoms with Gasteiger partial charge in [-0.1, -0.05) is 17.7 Å². The third-order valence-electron chi connectivity index (χ3n) is 2.39. The van der Waals surface area contributed by atoms with Crippen molar-refractivity contribution < 1.29 is 5.11 Å². The molecule has 0 aliphatic heterocycles. The highest BCUT2D eigenvalue weighted by Gasteiger charge is 2.09. The molecule has 0 fully saturated rings. The summed E-state index contributed by atoms with van der Waals surface area (Å²) in [6, 6.07) is 8.29. The third-order valence-corrected chi connectivity index (χ3v) is 2.75. The van der Waals surface area contributed by atoms with Crippen LogP contribution in [0.4, 0.5) is 5.69 Å². The number of benzene rings is 1. The maximum Gasteiger partial charge on any atom is 0.0850 e. The number of alkyl halides is 1.